The molecule has 3 rings (SSSR count). The summed E-state index contributed by atoms with van der Waals surface area (Å²) < 4.78 is 39.5. The van der Waals surface area contributed by atoms with Crippen molar-refractivity contribution in [1.82, 2.24) is 9.97 Å². The number of carbonyl (C=O) groups is 1. The van der Waals surface area contributed by atoms with Gasteiger partial charge in [0.15, 0.2) is 0 Å². The molecule has 0 bridgehead atoms. The van der Waals surface area contributed by atoms with Crippen molar-refractivity contribution in [2.75, 3.05) is 10.6 Å². The van der Waals surface area contributed by atoms with Crippen molar-refractivity contribution in [2.24, 2.45) is 0 Å². The number of aromatic nitrogens is 2. The molecule has 0 saturated heterocycles. The number of aryl methyl sites for hydroxylation is 1. The highest BCUT2D eigenvalue weighted by molar-refractivity contribution is 5.88. The molecule has 3 N–H and O–H groups in total. The molecule has 0 unspecified atom stereocenters. The number of aromatic carboxylic acids is 1. The molecule has 3 aromatic rings. The fraction of sp³-hybridized carbons (Fsp3) is 0.105. The monoisotopic (exact) mass is 388 g/mol. The molecular weight excluding hydrogens is 373 g/mol. The van der Waals surface area contributed by atoms with E-state index in [0.29, 0.717) is 17.2 Å². The standard InChI is InChI=1S/C19H15F3N4O2/c1-11-10-16(24-13-8-6-12(7-9-13)17(27)28)26-18(23-11)25-15-5-3-2-4-14(15)19(20,21)22/h2-10H,1H3,(H,27,28)(H2,23,24,25,26). The highest BCUT2D eigenvalue weighted by atomic mass is 19.4. The molecule has 0 spiro atoms. The number of para-hydroxylation sites is 1. The molecule has 0 aliphatic carbocycles. The molecule has 6 nitrogen and oxygen atoms in total. The summed E-state index contributed by atoms with van der Waals surface area (Å²) in [6.07, 6.45) is -4.51. The molecule has 9 heteroatoms. The average molecular weight is 388 g/mol. The first-order valence-electron chi connectivity index (χ1n) is 8.12. The first-order chi connectivity index (χ1) is 13.2. The molecule has 0 atom stereocenters. The van der Waals surface area contributed by atoms with Gasteiger partial charge in [0.2, 0.25) is 5.95 Å². The molecule has 0 aliphatic rings. The highest BCUT2D eigenvalue weighted by Crippen LogP contribution is 2.35. The Kier molecular flexibility index (Phi) is 5.16. The smallest absolute Gasteiger partial charge is 0.418 e. The van der Waals surface area contributed by atoms with Crippen LogP contribution in [0.1, 0.15) is 21.6 Å². The van der Waals surface area contributed by atoms with Crippen LogP contribution in [-0.2, 0) is 6.18 Å². The maximum absolute atomic E-state index is 13.2. The third-order valence-corrected chi connectivity index (χ3v) is 3.74. The Morgan fingerprint density at radius 3 is 2.32 bits per heavy atom. The van der Waals surface area contributed by atoms with Crippen molar-refractivity contribution < 1.29 is 23.1 Å². The minimum Gasteiger partial charge on any atom is -0.478 e. The number of hydrogen-bond acceptors (Lipinski definition) is 5. The normalized spacial score (nSPS) is 11.1. The molecular formula is C19H15F3N4O2. The second kappa shape index (κ2) is 7.55. The number of anilines is 4. The number of nitrogens with zero attached hydrogens (tertiary/aromatic N) is 2. The Balaban J connectivity index is 1.85. The molecule has 0 amide bonds. The third kappa shape index (κ3) is 4.56. The van der Waals surface area contributed by atoms with E-state index in [1.165, 1.54) is 30.3 Å². The Hall–Kier alpha value is -3.62. The van der Waals surface area contributed by atoms with Gasteiger partial charge < -0.3 is 15.7 Å². The van der Waals surface area contributed by atoms with Gasteiger partial charge >= 0.3 is 12.1 Å². The molecule has 0 saturated carbocycles. The summed E-state index contributed by atoms with van der Waals surface area (Å²) in [5.74, 6) is -0.692. The number of carboxylic acid groups (broad SMARTS) is 1. The van der Waals surface area contributed by atoms with Crippen molar-refractivity contribution in [3.63, 3.8) is 0 Å². The zero-order valence-electron chi connectivity index (χ0n) is 14.6. The van der Waals surface area contributed by atoms with Gasteiger partial charge in [-0.05, 0) is 43.3 Å². The minimum atomic E-state index is -4.51. The first kappa shape index (κ1) is 19.2. The van der Waals surface area contributed by atoms with Gasteiger partial charge in [0, 0.05) is 17.4 Å². The molecule has 0 radical (unpaired) electrons. The van der Waals surface area contributed by atoms with Crippen LogP contribution in [0.5, 0.6) is 0 Å². The van der Waals surface area contributed by atoms with Gasteiger partial charge in [0.25, 0.3) is 0 Å². The number of benzene rings is 2. The number of carboxylic acids is 1. The van der Waals surface area contributed by atoms with E-state index in [9.17, 15) is 18.0 Å². The maximum atomic E-state index is 13.2. The van der Waals surface area contributed by atoms with Crippen molar-refractivity contribution in [2.45, 2.75) is 13.1 Å². The summed E-state index contributed by atoms with van der Waals surface area (Å²) in [6.45, 7) is 1.68. The van der Waals surface area contributed by atoms with Gasteiger partial charge in [-0.3, -0.25) is 0 Å². The molecule has 144 valence electrons. The van der Waals surface area contributed by atoms with Crippen molar-refractivity contribution in [3.05, 3.63) is 71.4 Å². The van der Waals surface area contributed by atoms with E-state index >= 15 is 0 Å². The number of alkyl halides is 3. The lowest BCUT2D eigenvalue weighted by Gasteiger charge is -2.14. The van der Waals surface area contributed by atoms with Crippen LogP contribution >= 0.6 is 0 Å². The summed E-state index contributed by atoms with van der Waals surface area (Å²) >= 11 is 0. The zero-order chi connectivity index (χ0) is 20.3. The quantitative estimate of drug-likeness (QED) is 0.571. The van der Waals surface area contributed by atoms with Crippen LogP contribution < -0.4 is 10.6 Å². The van der Waals surface area contributed by atoms with Crippen LogP contribution in [-0.4, -0.2) is 21.0 Å². The lowest BCUT2D eigenvalue weighted by Crippen LogP contribution is -2.10. The lowest BCUT2D eigenvalue weighted by atomic mass is 10.1. The number of nitrogens with one attached hydrogen (secondary N) is 2. The summed E-state index contributed by atoms with van der Waals surface area (Å²) in [7, 11) is 0. The average Bonchev–Trinajstić information content (AvgIpc) is 2.61. The highest BCUT2D eigenvalue weighted by Gasteiger charge is 2.33. The lowest BCUT2D eigenvalue weighted by molar-refractivity contribution is -0.136. The summed E-state index contributed by atoms with van der Waals surface area (Å²) in [4.78, 5) is 19.2. The number of hydrogen-bond donors (Lipinski definition) is 3. The van der Waals surface area contributed by atoms with Crippen LogP contribution in [0.25, 0.3) is 0 Å². The fourth-order valence-electron chi connectivity index (χ4n) is 2.49. The minimum absolute atomic E-state index is 0.00126. The van der Waals surface area contributed by atoms with Gasteiger partial charge in [-0.2, -0.15) is 18.2 Å². The van der Waals surface area contributed by atoms with E-state index in [2.05, 4.69) is 20.6 Å². The van der Waals surface area contributed by atoms with Gasteiger partial charge in [0.1, 0.15) is 5.82 Å². The summed E-state index contributed by atoms with van der Waals surface area (Å²) in [5.41, 5.74) is 0.267. The van der Waals surface area contributed by atoms with E-state index in [1.807, 2.05) is 0 Å². The number of rotatable bonds is 5. The summed E-state index contributed by atoms with van der Waals surface area (Å²) in [6, 6.07) is 12.7. The second-order valence-electron chi connectivity index (χ2n) is 5.89. The van der Waals surface area contributed by atoms with Crippen molar-refractivity contribution >= 4 is 29.1 Å². The molecule has 2 aromatic carbocycles. The molecule has 1 aromatic heterocycles. The Bertz CT molecular complexity index is 1000. The van der Waals surface area contributed by atoms with Gasteiger partial charge in [-0.25, -0.2) is 9.78 Å². The Labute approximate surface area is 158 Å². The van der Waals surface area contributed by atoms with Crippen molar-refractivity contribution in [3.8, 4) is 0 Å². The predicted molar refractivity (Wildman–Crippen MR) is 98.2 cm³/mol. The summed E-state index contributed by atoms with van der Waals surface area (Å²) in [5, 5.41) is 14.5. The van der Waals surface area contributed by atoms with Gasteiger partial charge in [-0.15, -0.1) is 0 Å². The predicted octanol–water partition coefficient (Wildman–Crippen LogP) is 4.99. The topological polar surface area (TPSA) is 87.1 Å². The maximum Gasteiger partial charge on any atom is 0.418 e. The molecule has 28 heavy (non-hydrogen) atoms. The van der Waals surface area contributed by atoms with Crippen molar-refractivity contribution in [1.29, 1.82) is 0 Å². The van der Waals surface area contributed by atoms with Gasteiger partial charge in [-0.1, -0.05) is 12.1 Å². The number of halogens is 3. The van der Waals surface area contributed by atoms with Crippen LogP contribution in [0.2, 0.25) is 0 Å². The SMILES string of the molecule is Cc1cc(Nc2ccc(C(=O)O)cc2)nc(Nc2ccccc2C(F)(F)F)n1. The van der Waals surface area contributed by atoms with Crippen LogP contribution in [0, 0.1) is 6.92 Å². The van der Waals surface area contributed by atoms with E-state index in [0.717, 1.165) is 6.07 Å². The molecule has 0 aliphatic heterocycles. The van der Waals surface area contributed by atoms with E-state index in [-0.39, 0.29) is 17.2 Å². The zero-order valence-corrected chi connectivity index (χ0v) is 14.6. The Morgan fingerprint density at radius 2 is 1.68 bits per heavy atom. The van der Waals surface area contributed by atoms with Crippen LogP contribution in [0.15, 0.2) is 54.6 Å². The molecule has 0 fully saturated rings. The molecule has 1 heterocycles. The third-order valence-electron chi connectivity index (χ3n) is 3.74. The van der Waals surface area contributed by atoms with E-state index < -0.39 is 17.7 Å². The Morgan fingerprint density at radius 1 is 1.00 bits per heavy atom. The van der Waals surface area contributed by atoms with Gasteiger partial charge in [0.05, 0.1) is 16.8 Å². The largest absolute Gasteiger partial charge is 0.478 e. The first-order valence-corrected chi connectivity index (χ1v) is 8.12. The van der Waals surface area contributed by atoms with Crippen LogP contribution in [0.3, 0.4) is 0 Å². The van der Waals surface area contributed by atoms with E-state index in [1.54, 1.807) is 25.1 Å². The van der Waals surface area contributed by atoms with E-state index in [4.69, 9.17) is 5.11 Å². The second-order valence-corrected chi connectivity index (χ2v) is 5.89. The fourth-order valence-corrected chi connectivity index (χ4v) is 2.49. The van der Waals surface area contributed by atoms with Crippen LogP contribution in [0.4, 0.5) is 36.3 Å².